The Hall–Kier alpha value is -6.61. The van der Waals surface area contributed by atoms with Crippen molar-refractivity contribution in [3.8, 4) is 11.5 Å². The van der Waals surface area contributed by atoms with Crippen LogP contribution in [-0.4, -0.2) is 144 Å². The van der Waals surface area contributed by atoms with Crippen LogP contribution in [0.1, 0.15) is 98.1 Å². The zero-order valence-electron chi connectivity index (χ0n) is 37.6. The van der Waals surface area contributed by atoms with E-state index >= 15 is 0 Å². The van der Waals surface area contributed by atoms with Gasteiger partial charge in [-0.25, -0.2) is 4.79 Å². The summed E-state index contributed by atoms with van der Waals surface area (Å²) in [7, 11) is 0. The lowest BCUT2D eigenvalue weighted by atomic mass is 9.96. The Kier molecular flexibility index (Phi) is 23.8. The molecule has 0 radical (unpaired) electrons. The van der Waals surface area contributed by atoms with E-state index < -0.39 is 67.2 Å². The summed E-state index contributed by atoms with van der Waals surface area (Å²) in [5.74, 6) is -8.48. The first-order valence-electron chi connectivity index (χ1n) is 21.5. The highest BCUT2D eigenvalue weighted by Gasteiger charge is 2.25. The molecule has 66 heavy (non-hydrogen) atoms. The van der Waals surface area contributed by atoms with E-state index in [1.165, 1.54) is 16.7 Å². The third-order valence-electron chi connectivity index (χ3n) is 10.6. The third kappa shape index (κ3) is 21.8. The molecule has 21 nitrogen and oxygen atoms in total. The number of carboxylic acid groups (broad SMARTS) is 5. The highest BCUT2D eigenvalue weighted by Crippen LogP contribution is 2.28. The maximum Gasteiger partial charge on any atom is 0.326 e. The Bertz CT molecular complexity index is 2060. The topological polar surface area (TPSA) is 338 Å². The van der Waals surface area contributed by atoms with Crippen LogP contribution in [0.3, 0.4) is 0 Å². The van der Waals surface area contributed by atoms with Crippen LogP contribution in [0, 0.1) is 19.8 Å². The van der Waals surface area contributed by atoms with Gasteiger partial charge in [0.15, 0.2) is 0 Å². The number of ketones is 1. The summed E-state index contributed by atoms with van der Waals surface area (Å²) < 4.78 is 0. The summed E-state index contributed by atoms with van der Waals surface area (Å²) >= 11 is 0. The number of phenolic OH excluding ortho intramolecular Hbond substituents is 2. The van der Waals surface area contributed by atoms with Crippen LogP contribution < -0.4 is 16.0 Å². The second kappa shape index (κ2) is 28.3. The van der Waals surface area contributed by atoms with Crippen LogP contribution in [0.5, 0.6) is 11.5 Å². The number of aliphatic carboxylic acids is 5. The van der Waals surface area contributed by atoms with Gasteiger partial charge in [-0.05, 0) is 81.5 Å². The lowest BCUT2D eigenvalue weighted by Gasteiger charge is -2.27. The maximum absolute atomic E-state index is 12.7. The molecule has 2 atom stereocenters. The maximum atomic E-state index is 12.7. The summed E-state index contributed by atoms with van der Waals surface area (Å²) in [6.45, 7) is 4.15. The first kappa shape index (κ1) is 55.5. The average Bonchev–Trinajstić information content (AvgIpc) is 3.21. The molecule has 3 amide bonds. The van der Waals surface area contributed by atoms with Crippen molar-refractivity contribution in [3.05, 3.63) is 57.6 Å². The van der Waals surface area contributed by atoms with Crippen molar-refractivity contribution >= 4 is 53.4 Å². The van der Waals surface area contributed by atoms with Gasteiger partial charge in [0.1, 0.15) is 23.3 Å². The van der Waals surface area contributed by atoms with Gasteiger partial charge in [-0.2, -0.15) is 0 Å². The van der Waals surface area contributed by atoms with Crippen molar-refractivity contribution < 1.29 is 78.9 Å². The molecule has 2 rings (SSSR count). The Labute approximate surface area is 382 Å². The van der Waals surface area contributed by atoms with E-state index in [0.717, 1.165) is 0 Å². The largest absolute Gasteiger partial charge is 0.507 e. The van der Waals surface area contributed by atoms with Gasteiger partial charge in [0.2, 0.25) is 17.7 Å². The molecule has 0 aliphatic rings. The van der Waals surface area contributed by atoms with Crippen molar-refractivity contribution in [2.75, 3.05) is 39.3 Å². The number of carboxylic acids is 5. The minimum absolute atomic E-state index is 0.0193. The van der Waals surface area contributed by atoms with Crippen LogP contribution in [0.4, 0.5) is 0 Å². The highest BCUT2D eigenvalue weighted by atomic mass is 16.4. The molecular weight excluding hydrogens is 867 g/mol. The molecule has 0 bridgehead atoms. The Morgan fingerprint density at radius 2 is 1.06 bits per heavy atom. The molecule has 2 aromatic rings. The number of nitrogens with zero attached hydrogens (tertiary/aromatic N) is 2. The number of hydrogen-bond acceptors (Lipinski definition) is 13. The van der Waals surface area contributed by atoms with E-state index in [0.29, 0.717) is 46.2 Å². The standard InChI is InChI=1S/C45H63N5O16/c1-27-18-30(7-10-37(53)46-14-5-4-6-36(52)47-15-13-32(29(3)51)22-38(54)48-35(45(65)66)9-12-40(57)58)20-33(43(27)63)23-49(25-41(59)60)16-17-50(26-42(61)62)24-34-21-31(8-11-39(55)56)19-28(2)44(34)64/h18-21,32,35,63-64H,4-17,22-26H2,1-3H3,(H,46,53)(H,47,52)(H,48,54)(H,55,56)(H,57,58)(H,59,60)(H,61,62)(H,65,66)/t32-,35+/m1/s1. The van der Waals surface area contributed by atoms with Crippen molar-refractivity contribution in [3.63, 3.8) is 0 Å². The summed E-state index contributed by atoms with van der Waals surface area (Å²) in [6, 6.07) is 5.25. The summed E-state index contributed by atoms with van der Waals surface area (Å²) in [4.78, 5) is 110. The Balaban J connectivity index is 1.89. The molecule has 0 saturated heterocycles. The number of nitrogens with one attached hydrogen (secondary N) is 3. The van der Waals surface area contributed by atoms with Crippen molar-refractivity contribution in [1.82, 2.24) is 25.8 Å². The number of amides is 3. The molecule has 21 heteroatoms. The van der Waals surface area contributed by atoms with Gasteiger partial charge in [0.05, 0.1) is 13.1 Å². The normalized spacial score (nSPS) is 12.0. The highest BCUT2D eigenvalue weighted by molar-refractivity contribution is 5.88. The number of aryl methyl sites for hydroxylation is 4. The molecule has 0 aliphatic heterocycles. The number of hydrogen-bond donors (Lipinski definition) is 10. The number of aromatic hydroxyl groups is 2. The number of rotatable bonds is 33. The predicted molar refractivity (Wildman–Crippen MR) is 236 cm³/mol. The van der Waals surface area contributed by atoms with Gasteiger partial charge in [0.25, 0.3) is 0 Å². The van der Waals surface area contributed by atoms with Crippen molar-refractivity contribution in [2.45, 2.75) is 111 Å². The summed E-state index contributed by atoms with van der Waals surface area (Å²) in [5.41, 5.74) is 3.14. The van der Waals surface area contributed by atoms with E-state index in [1.807, 2.05) is 0 Å². The van der Waals surface area contributed by atoms with Crippen LogP contribution in [0.25, 0.3) is 0 Å². The molecular formula is C45H63N5O16. The summed E-state index contributed by atoms with van der Waals surface area (Å²) in [5, 5.41) is 75.9. The van der Waals surface area contributed by atoms with Crippen LogP contribution in [0.2, 0.25) is 0 Å². The Morgan fingerprint density at radius 1 is 0.576 bits per heavy atom. The fourth-order valence-electron chi connectivity index (χ4n) is 7.13. The molecule has 0 unspecified atom stereocenters. The first-order chi connectivity index (χ1) is 31.0. The lowest BCUT2D eigenvalue weighted by molar-refractivity contribution is -0.143. The quantitative estimate of drug-likeness (QED) is 0.0457. The van der Waals surface area contributed by atoms with Crippen molar-refractivity contribution in [2.24, 2.45) is 5.92 Å². The van der Waals surface area contributed by atoms with E-state index in [2.05, 4.69) is 16.0 Å². The second-order valence-electron chi connectivity index (χ2n) is 16.3. The third-order valence-corrected chi connectivity index (χ3v) is 10.6. The van der Waals surface area contributed by atoms with Crippen molar-refractivity contribution in [1.29, 1.82) is 0 Å². The molecule has 10 N–H and O–H groups in total. The number of unbranched alkanes of at least 4 members (excludes halogenated alkanes) is 1. The molecule has 0 heterocycles. The van der Waals surface area contributed by atoms with E-state index in [-0.39, 0.29) is 120 Å². The van der Waals surface area contributed by atoms with Gasteiger partial charge < -0.3 is 51.7 Å². The molecule has 0 spiro atoms. The number of phenols is 2. The predicted octanol–water partition coefficient (Wildman–Crippen LogP) is 1.96. The lowest BCUT2D eigenvalue weighted by Crippen LogP contribution is -2.42. The minimum atomic E-state index is -1.42. The molecule has 0 aliphatic carbocycles. The molecule has 0 saturated carbocycles. The Morgan fingerprint density at radius 3 is 1.53 bits per heavy atom. The van der Waals surface area contributed by atoms with Crippen LogP contribution >= 0.6 is 0 Å². The number of benzene rings is 2. The number of carbonyl (C=O) groups excluding carboxylic acids is 4. The van der Waals surface area contributed by atoms with Crippen LogP contribution in [-0.2, 0) is 69.1 Å². The molecule has 364 valence electrons. The monoisotopic (exact) mass is 929 g/mol. The van der Waals surface area contributed by atoms with Gasteiger partial charge in [0, 0.05) is 88.4 Å². The smallest absolute Gasteiger partial charge is 0.326 e. The number of Topliss-reactive ketones (excluding diaryl/α,β-unsaturated/α-hetero) is 1. The van der Waals surface area contributed by atoms with Gasteiger partial charge in [-0.15, -0.1) is 0 Å². The molecule has 0 fully saturated rings. The van der Waals surface area contributed by atoms with Crippen LogP contribution in [0.15, 0.2) is 24.3 Å². The van der Waals surface area contributed by atoms with Gasteiger partial charge in [-0.3, -0.25) is 48.2 Å². The van der Waals surface area contributed by atoms with E-state index in [9.17, 15) is 68.7 Å². The zero-order chi connectivity index (χ0) is 49.5. The second-order valence-corrected chi connectivity index (χ2v) is 16.3. The first-order valence-corrected chi connectivity index (χ1v) is 21.5. The fourth-order valence-corrected chi connectivity index (χ4v) is 7.13. The van der Waals surface area contributed by atoms with E-state index in [4.69, 9.17) is 10.2 Å². The zero-order valence-corrected chi connectivity index (χ0v) is 37.6. The fraction of sp³-hybridized carbons (Fsp3) is 0.533. The molecule has 0 aromatic heterocycles. The minimum Gasteiger partial charge on any atom is -0.507 e. The number of carbonyl (C=O) groups is 9. The van der Waals surface area contributed by atoms with Gasteiger partial charge >= 0.3 is 29.8 Å². The average molecular weight is 930 g/mol. The molecule has 2 aromatic carbocycles. The summed E-state index contributed by atoms with van der Waals surface area (Å²) in [6.07, 6.45) is 0.495. The van der Waals surface area contributed by atoms with E-state index in [1.54, 1.807) is 38.1 Å². The van der Waals surface area contributed by atoms with Gasteiger partial charge in [-0.1, -0.05) is 24.3 Å². The SMILES string of the molecule is CC(=O)[C@H](CCNC(=O)CCCCNC(=O)CCc1cc(C)c(O)c(CN(CCN(CC(=O)O)Cc2cc(CCC(=O)O)cc(C)c2O)CC(=O)O)c1)CC(=O)N[C@@H](CCC(=O)O)C(=O)O.